The van der Waals surface area contributed by atoms with Crippen LogP contribution in [0, 0.1) is 17.6 Å². The Hall–Kier alpha value is -0.960. The molecule has 2 rings (SSSR count). The molecule has 1 aromatic rings. The normalized spacial score (nSPS) is 18.5. The maximum Gasteiger partial charge on any atom is 0.130 e. The van der Waals surface area contributed by atoms with E-state index >= 15 is 0 Å². The van der Waals surface area contributed by atoms with E-state index in [1.807, 2.05) is 6.92 Å². The van der Waals surface area contributed by atoms with Crippen molar-refractivity contribution in [1.82, 2.24) is 5.32 Å². The quantitative estimate of drug-likeness (QED) is 0.842. The first kappa shape index (κ1) is 12.5. The third-order valence-electron chi connectivity index (χ3n) is 3.62. The molecule has 1 atom stereocenters. The average Bonchev–Trinajstić information content (AvgIpc) is 2.79. The van der Waals surface area contributed by atoms with Crippen molar-refractivity contribution in [2.75, 3.05) is 6.54 Å². The second-order valence-electron chi connectivity index (χ2n) is 4.92. The van der Waals surface area contributed by atoms with Crippen LogP contribution in [0.25, 0.3) is 0 Å². The van der Waals surface area contributed by atoms with E-state index in [4.69, 9.17) is 0 Å². The third kappa shape index (κ3) is 3.03. The molecule has 1 nitrogen and oxygen atoms in total. The lowest BCUT2D eigenvalue weighted by molar-refractivity contribution is 0.430. The second-order valence-corrected chi connectivity index (χ2v) is 4.92. The molecule has 1 aromatic carbocycles. The molecule has 0 bridgehead atoms. The highest BCUT2D eigenvalue weighted by Gasteiger charge is 2.19. The monoisotopic (exact) mass is 239 g/mol. The van der Waals surface area contributed by atoms with Gasteiger partial charge in [0.1, 0.15) is 11.6 Å². The van der Waals surface area contributed by atoms with Gasteiger partial charge in [0.15, 0.2) is 0 Å². The van der Waals surface area contributed by atoms with Gasteiger partial charge in [-0.25, -0.2) is 8.78 Å². The lowest BCUT2D eigenvalue weighted by Gasteiger charge is -2.18. The summed E-state index contributed by atoms with van der Waals surface area (Å²) in [5.41, 5.74) is 0.158. The first-order valence-electron chi connectivity index (χ1n) is 6.35. The fourth-order valence-corrected chi connectivity index (χ4v) is 2.58. The molecule has 0 saturated heterocycles. The molecule has 0 spiro atoms. The zero-order valence-electron chi connectivity index (χ0n) is 10.2. The Morgan fingerprint density at radius 1 is 1.24 bits per heavy atom. The van der Waals surface area contributed by atoms with Crippen molar-refractivity contribution in [3.8, 4) is 0 Å². The van der Waals surface area contributed by atoms with E-state index in [1.165, 1.54) is 43.9 Å². The van der Waals surface area contributed by atoms with E-state index in [2.05, 4.69) is 5.32 Å². The van der Waals surface area contributed by atoms with E-state index in [0.717, 1.165) is 6.54 Å². The molecule has 0 amide bonds. The lowest BCUT2D eigenvalue weighted by atomic mass is 10.0. The van der Waals surface area contributed by atoms with E-state index < -0.39 is 11.6 Å². The molecule has 1 unspecified atom stereocenters. The van der Waals surface area contributed by atoms with Gasteiger partial charge in [0, 0.05) is 11.6 Å². The van der Waals surface area contributed by atoms with E-state index in [9.17, 15) is 8.78 Å². The highest BCUT2D eigenvalue weighted by molar-refractivity contribution is 5.22. The van der Waals surface area contributed by atoms with Crippen molar-refractivity contribution < 1.29 is 8.78 Å². The first-order chi connectivity index (χ1) is 8.18. The molecule has 0 aliphatic heterocycles. The van der Waals surface area contributed by atoms with Crippen LogP contribution >= 0.6 is 0 Å². The predicted molar refractivity (Wildman–Crippen MR) is 64.7 cm³/mol. The van der Waals surface area contributed by atoms with Crippen LogP contribution in [0.3, 0.4) is 0 Å². The van der Waals surface area contributed by atoms with Crippen LogP contribution in [0.5, 0.6) is 0 Å². The molecule has 1 N–H and O–H groups in total. The molecular formula is C14H19F2N. The number of hydrogen-bond acceptors (Lipinski definition) is 1. The molecule has 1 saturated carbocycles. The third-order valence-corrected chi connectivity index (χ3v) is 3.62. The second kappa shape index (κ2) is 5.58. The van der Waals surface area contributed by atoms with Gasteiger partial charge >= 0.3 is 0 Å². The molecular weight excluding hydrogens is 220 g/mol. The van der Waals surface area contributed by atoms with Gasteiger partial charge in [-0.05, 0) is 44.4 Å². The van der Waals surface area contributed by atoms with Crippen LogP contribution < -0.4 is 5.32 Å². The Morgan fingerprint density at radius 2 is 1.82 bits per heavy atom. The average molecular weight is 239 g/mol. The Labute approximate surface area is 101 Å². The number of nitrogens with one attached hydrogen (secondary N) is 1. The first-order valence-corrected chi connectivity index (χ1v) is 6.35. The Morgan fingerprint density at radius 3 is 2.41 bits per heavy atom. The number of rotatable bonds is 4. The summed E-state index contributed by atoms with van der Waals surface area (Å²) in [6, 6.07) is 3.76. The summed E-state index contributed by atoms with van der Waals surface area (Å²) in [6.45, 7) is 2.67. The van der Waals surface area contributed by atoms with Gasteiger partial charge in [-0.2, -0.15) is 0 Å². The molecule has 1 fully saturated rings. The molecule has 3 heteroatoms. The number of benzene rings is 1. The van der Waals surface area contributed by atoms with E-state index in [1.54, 1.807) is 0 Å². The fourth-order valence-electron chi connectivity index (χ4n) is 2.58. The maximum atomic E-state index is 13.5. The Kier molecular flexibility index (Phi) is 4.11. The molecule has 0 aromatic heterocycles. The van der Waals surface area contributed by atoms with E-state index in [-0.39, 0.29) is 11.6 Å². The fraction of sp³-hybridized carbons (Fsp3) is 0.571. The van der Waals surface area contributed by atoms with Crippen LogP contribution in [-0.4, -0.2) is 6.54 Å². The summed E-state index contributed by atoms with van der Waals surface area (Å²) in [4.78, 5) is 0. The minimum atomic E-state index is -0.462. The Balaban J connectivity index is 1.96. The van der Waals surface area contributed by atoms with Crippen LogP contribution in [-0.2, 0) is 0 Å². The SMILES string of the molecule is CC(NCC1CCCC1)c1c(F)cccc1F. The Bertz CT molecular complexity index is 352. The summed E-state index contributed by atoms with van der Waals surface area (Å²) < 4.78 is 27.0. The van der Waals surface area contributed by atoms with Crippen molar-refractivity contribution >= 4 is 0 Å². The minimum absolute atomic E-state index is 0.158. The van der Waals surface area contributed by atoms with Crippen molar-refractivity contribution in [3.63, 3.8) is 0 Å². The molecule has 1 aliphatic carbocycles. The largest absolute Gasteiger partial charge is 0.310 e. The molecule has 94 valence electrons. The summed E-state index contributed by atoms with van der Waals surface area (Å²) in [5.74, 6) is -0.250. The molecule has 0 radical (unpaired) electrons. The zero-order valence-corrected chi connectivity index (χ0v) is 10.2. The summed E-state index contributed by atoms with van der Waals surface area (Å²) in [7, 11) is 0. The lowest BCUT2D eigenvalue weighted by Crippen LogP contribution is -2.25. The summed E-state index contributed by atoms with van der Waals surface area (Å²) in [5, 5.41) is 3.24. The van der Waals surface area contributed by atoms with Crippen LogP contribution in [0.4, 0.5) is 8.78 Å². The van der Waals surface area contributed by atoms with Crippen LogP contribution in [0.2, 0.25) is 0 Å². The van der Waals surface area contributed by atoms with Gasteiger partial charge in [0.25, 0.3) is 0 Å². The number of hydrogen-bond donors (Lipinski definition) is 1. The highest BCUT2D eigenvalue weighted by Crippen LogP contribution is 2.25. The molecule has 17 heavy (non-hydrogen) atoms. The zero-order chi connectivity index (χ0) is 12.3. The minimum Gasteiger partial charge on any atom is -0.310 e. The number of halogens is 2. The van der Waals surface area contributed by atoms with Gasteiger partial charge in [-0.1, -0.05) is 18.9 Å². The van der Waals surface area contributed by atoms with Gasteiger partial charge in [0.05, 0.1) is 0 Å². The van der Waals surface area contributed by atoms with Gasteiger partial charge in [-0.15, -0.1) is 0 Å². The topological polar surface area (TPSA) is 12.0 Å². The van der Waals surface area contributed by atoms with Crippen molar-refractivity contribution in [1.29, 1.82) is 0 Å². The van der Waals surface area contributed by atoms with Crippen molar-refractivity contribution in [2.45, 2.75) is 38.6 Å². The van der Waals surface area contributed by atoms with Crippen molar-refractivity contribution in [2.24, 2.45) is 5.92 Å². The standard InChI is InChI=1S/C14H19F2N/c1-10(17-9-11-5-2-3-6-11)14-12(15)7-4-8-13(14)16/h4,7-8,10-11,17H,2-3,5-6,9H2,1H3. The van der Waals surface area contributed by atoms with Crippen LogP contribution in [0.1, 0.15) is 44.2 Å². The smallest absolute Gasteiger partial charge is 0.130 e. The molecule has 1 aliphatic rings. The molecule has 0 heterocycles. The highest BCUT2D eigenvalue weighted by atomic mass is 19.1. The maximum absolute atomic E-state index is 13.5. The van der Waals surface area contributed by atoms with Gasteiger partial charge in [0.2, 0.25) is 0 Å². The summed E-state index contributed by atoms with van der Waals surface area (Å²) >= 11 is 0. The van der Waals surface area contributed by atoms with Gasteiger partial charge < -0.3 is 5.32 Å². The predicted octanol–water partition coefficient (Wildman–Crippen LogP) is 3.81. The summed E-state index contributed by atoms with van der Waals surface area (Å²) in [6.07, 6.45) is 5.04. The van der Waals surface area contributed by atoms with Crippen molar-refractivity contribution in [3.05, 3.63) is 35.4 Å². The van der Waals surface area contributed by atoms with Crippen LogP contribution in [0.15, 0.2) is 18.2 Å². The van der Waals surface area contributed by atoms with Gasteiger partial charge in [-0.3, -0.25) is 0 Å². The van der Waals surface area contributed by atoms with E-state index in [0.29, 0.717) is 5.92 Å².